The Morgan fingerprint density at radius 2 is 1.95 bits per heavy atom. The Balaban J connectivity index is 2.11. The summed E-state index contributed by atoms with van der Waals surface area (Å²) in [5.41, 5.74) is 0.0122. The number of nitrogens with zero attached hydrogens (tertiary/aromatic N) is 2. The standard InChI is InChI=1S/C12H14N2O5/c1-2-13-6-11(16)14(7-10(13)15)5-9-8(12(17)18)3-4-19-9/h3-4H,2,5-7H2,1H3,(H,17,18). The number of aromatic carboxylic acids is 1. The van der Waals surface area contributed by atoms with E-state index in [0.29, 0.717) is 6.54 Å². The number of amides is 2. The van der Waals surface area contributed by atoms with Crippen LogP contribution in [0.2, 0.25) is 0 Å². The zero-order valence-electron chi connectivity index (χ0n) is 10.5. The molecule has 0 saturated carbocycles. The molecule has 1 fully saturated rings. The summed E-state index contributed by atoms with van der Waals surface area (Å²) >= 11 is 0. The zero-order valence-corrected chi connectivity index (χ0v) is 10.5. The van der Waals surface area contributed by atoms with Crippen LogP contribution in [0.25, 0.3) is 0 Å². The summed E-state index contributed by atoms with van der Waals surface area (Å²) in [7, 11) is 0. The van der Waals surface area contributed by atoms with E-state index in [1.165, 1.54) is 22.1 Å². The highest BCUT2D eigenvalue weighted by Gasteiger charge is 2.30. The van der Waals surface area contributed by atoms with Crippen molar-refractivity contribution in [2.45, 2.75) is 13.5 Å². The first-order valence-electron chi connectivity index (χ1n) is 5.88. The van der Waals surface area contributed by atoms with Gasteiger partial charge in [-0.3, -0.25) is 9.59 Å². The van der Waals surface area contributed by atoms with Crippen LogP contribution in [-0.2, 0) is 16.1 Å². The summed E-state index contributed by atoms with van der Waals surface area (Å²) in [4.78, 5) is 37.3. The van der Waals surface area contributed by atoms with Crippen molar-refractivity contribution in [3.05, 3.63) is 23.7 Å². The predicted molar refractivity (Wildman–Crippen MR) is 63.3 cm³/mol. The molecule has 2 heterocycles. The molecule has 0 atom stereocenters. The lowest BCUT2D eigenvalue weighted by molar-refractivity contribution is -0.150. The number of hydrogen-bond donors (Lipinski definition) is 1. The Bertz CT molecular complexity index is 522. The molecule has 1 N–H and O–H groups in total. The molecule has 1 aliphatic heterocycles. The Kier molecular flexibility index (Phi) is 3.55. The summed E-state index contributed by atoms with van der Waals surface area (Å²) in [5.74, 6) is -1.30. The average Bonchev–Trinajstić information content (AvgIpc) is 2.81. The number of carboxylic acids is 1. The smallest absolute Gasteiger partial charge is 0.339 e. The van der Waals surface area contributed by atoms with Crippen LogP contribution < -0.4 is 0 Å². The summed E-state index contributed by atoms with van der Waals surface area (Å²) in [5, 5.41) is 8.94. The SMILES string of the molecule is CCN1CC(=O)N(Cc2occc2C(=O)O)CC1=O. The Hall–Kier alpha value is -2.31. The van der Waals surface area contributed by atoms with Gasteiger partial charge >= 0.3 is 5.97 Å². The first kappa shape index (κ1) is 13.1. The molecular weight excluding hydrogens is 252 g/mol. The molecule has 1 saturated heterocycles. The van der Waals surface area contributed by atoms with E-state index < -0.39 is 5.97 Å². The molecule has 7 heteroatoms. The number of furan rings is 1. The molecule has 2 rings (SSSR count). The maximum Gasteiger partial charge on any atom is 0.339 e. The van der Waals surface area contributed by atoms with Crippen LogP contribution in [0.3, 0.4) is 0 Å². The van der Waals surface area contributed by atoms with E-state index in [2.05, 4.69) is 0 Å². The third kappa shape index (κ3) is 2.59. The van der Waals surface area contributed by atoms with Crippen LogP contribution in [0.1, 0.15) is 23.0 Å². The lowest BCUT2D eigenvalue weighted by Gasteiger charge is -2.32. The first-order valence-corrected chi connectivity index (χ1v) is 5.88. The minimum atomic E-state index is -1.12. The second kappa shape index (κ2) is 5.13. The number of carboxylic acid groups (broad SMARTS) is 1. The van der Waals surface area contributed by atoms with E-state index in [1.807, 2.05) is 0 Å². The van der Waals surface area contributed by atoms with Crippen LogP contribution in [0.4, 0.5) is 0 Å². The van der Waals surface area contributed by atoms with Gasteiger partial charge in [-0.05, 0) is 13.0 Å². The number of hydrogen-bond acceptors (Lipinski definition) is 4. The van der Waals surface area contributed by atoms with Crippen molar-refractivity contribution in [2.75, 3.05) is 19.6 Å². The summed E-state index contributed by atoms with van der Waals surface area (Å²) in [6.45, 7) is 2.26. The van der Waals surface area contributed by atoms with Gasteiger partial charge in [0.25, 0.3) is 0 Å². The highest BCUT2D eigenvalue weighted by Crippen LogP contribution is 2.15. The molecule has 7 nitrogen and oxygen atoms in total. The van der Waals surface area contributed by atoms with Crippen LogP contribution in [0, 0.1) is 0 Å². The van der Waals surface area contributed by atoms with E-state index >= 15 is 0 Å². The molecular formula is C12H14N2O5. The Labute approximate surface area is 109 Å². The normalized spacial score (nSPS) is 16.1. The molecule has 0 spiro atoms. The fourth-order valence-corrected chi connectivity index (χ4v) is 1.96. The molecule has 0 unspecified atom stereocenters. The zero-order chi connectivity index (χ0) is 14.0. The van der Waals surface area contributed by atoms with Gasteiger partial charge in [-0.2, -0.15) is 0 Å². The minimum Gasteiger partial charge on any atom is -0.478 e. The number of piperazine rings is 1. The van der Waals surface area contributed by atoms with Gasteiger partial charge in [0.05, 0.1) is 19.4 Å². The Morgan fingerprint density at radius 3 is 2.58 bits per heavy atom. The average molecular weight is 266 g/mol. The molecule has 1 aromatic heterocycles. The fourth-order valence-electron chi connectivity index (χ4n) is 1.96. The molecule has 0 bridgehead atoms. The molecule has 19 heavy (non-hydrogen) atoms. The van der Waals surface area contributed by atoms with Gasteiger partial charge in [-0.15, -0.1) is 0 Å². The topological polar surface area (TPSA) is 91.1 Å². The van der Waals surface area contributed by atoms with Crippen molar-refractivity contribution in [1.82, 2.24) is 9.80 Å². The van der Waals surface area contributed by atoms with E-state index in [9.17, 15) is 14.4 Å². The predicted octanol–water partition coefficient (Wildman–Crippen LogP) is 0.169. The van der Waals surface area contributed by atoms with Crippen LogP contribution in [-0.4, -0.2) is 52.3 Å². The van der Waals surface area contributed by atoms with E-state index in [0.717, 1.165) is 0 Å². The highest BCUT2D eigenvalue weighted by atomic mass is 16.4. The van der Waals surface area contributed by atoms with Crippen molar-refractivity contribution in [3.8, 4) is 0 Å². The molecule has 0 aromatic carbocycles. The van der Waals surface area contributed by atoms with Gasteiger partial charge in [-0.25, -0.2) is 4.79 Å². The number of carbonyl (C=O) groups excluding carboxylic acids is 2. The van der Waals surface area contributed by atoms with Crippen molar-refractivity contribution < 1.29 is 23.9 Å². The van der Waals surface area contributed by atoms with Gasteiger partial charge in [0.15, 0.2) is 0 Å². The first-order chi connectivity index (χ1) is 9.02. The molecule has 1 aromatic rings. The van der Waals surface area contributed by atoms with Crippen molar-refractivity contribution in [1.29, 1.82) is 0 Å². The van der Waals surface area contributed by atoms with Gasteiger partial charge in [0.1, 0.15) is 17.9 Å². The van der Waals surface area contributed by atoms with Gasteiger partial charge in [-0.1, -0.05) is 0 Å². The maximum atomic E-state index is 11.9. The maximum absolute atomic E-state index is 11.9. The van der Waals surface area contributed by atoms with Crippen LogP contribution >= 0.6 is 0 Å². The molecule has 102 valence electrons. The van der Waals surface area contributed by atoms with E-state index in [4.69, 9.17) is 9.52 Å². The molecule has 2 amide bonds. The van der Waals surface area contributed by atoms with E-state index in [1.54, 1.807) is 6.92 Å². The second-order valence-corrected chi connectivity index (χ2v) is 4.22. The third-order valence-electron chi connectivity index (χ3n) is 3.05. The van der Waals surface area contributed by atoms with Crippen molar-refractivity contribution >= 4 is 17.8 Å². The molecule has 0 radical (unpaired) electrons. The Morgan fingerprint density at radius 1 is 1.32 bits per heavy atom. The van der Waals surface area contributed by atoms with E-state index in [-0.39, 0.29) is 42.8 Å². The third-order valence-corrected chi connectivity index (χ3v) is 3.05. The summed E-state index contributed by atoms with van der Waals surface area (Å²) in [6, 6.07) is 1.33. The van der Waals surface area contributed by atoms with Gasteiger partial charge in [0, 0.05) is 6.54 Å². The highest BCUT2D eigenvalue weighted by molar-refractivity contribution is 5.93. The number of rotatable bonds is 4. The van der Waals surface area contributed by atoms with Crippen molar-refractivity contribution in [3.63, 3.8) is 0 Å². The summed E-state index contributed by atoms with van der Waals surface area (Å²) in [6.07, 6.45) is 1.26. The second-order valence-electron chi connectivity index (χ2n) is 4.22. The van der Waals surface area contributed by atoms with Crippen LogP contribution in [0.5, 0.6) is 0 Å². The quantitative estimate of drug-likeness (QED) is 0.838. The van der Waals surface area contributed by atoms with Crippen LogP contribution in [0.15, 0.2) is 16.7 Å². The number of likely N-dealkylation sites (N-methyl/N-ethyl adjacent to an activating group) is 1. The lowest BCUT2D eigenvalue weighted by atomic mass is 10.2. The van der Waals surface area contributed by atoms with Gasteiger partial charge in [0.2, 0.25) is 11.8 Å². The largest absolute Gasteiger partial charge is 0.478 e. The molecule has 0 aliphatic carbocycles. The molecule has 1 aliphatic rings. The minimum absolute atomic E-state index is 0.00321. The lowest BCUT2D eigenvalue weighted by Crippen LogP contribution is -2.53. The fraction of sp³-hybridized carbons (Fsp3) is 0.417. The monoisotopic (exact) mass is 266 g/mol. The number of carbonyl (C=O) groups is 3. The summed E-state index contributed by atoms with van der Waals surface area (Å²) < 4.78 is 5.07. The van der Waals surface area contributed by atoms with Crippen molar-refractivity contribution in [2.24, 2.45) is 0 Å². The van der Waals surface area contributed by atoms with Gasteiger partial charge < -0.3 is 19.3 Å².